The topological polar surface area (TPSA) is 88.9 Å². The predicted octanol–water partition coefficient (Wildman–Crippen LogP) is 2.61. The van der Waals surface area contributed by atoms with Gasteiger partial charge in [0, 0.05) is 23.9 Å². The van der Waals surface area contributed by atoms with E-state index in [1.54, 1.807) is 11.0 Å². The lowest BCUT2D eigenvalue weighted by molar-refractivity contribution is -0.141. The molecule has 1 aliphatic heterocycles. The molecule has 0 aliphatic carbocycles. The predicted molar refractivity (Wildman–Crippen MR) is 99.2 cm³/mol. The van der Waals surface area contributed by atoms with Gasteiger partial charge < -0.3 is 19.4 Å². The molecule has 0 spiro atoms. The Balaban J connectivity index is 1.56. The van der Waals surface area contributed by atoms with Gasteiger partial charge in [0.05, 0.1) is 31.4 Å². The third-order valence-corrected chi connectivity index (χ3v) is 5.71. The van der Waals surface area contributed by atoms with Gasteiger partial charge in [0.2, 0.25) is 5.91 Å². The number of likely N-dealkylation sites (tertiary alicyclic amines) is 1. The van der Waals surface area contributed by atoms with Gasteiger partial charge >= 0.3 is 5.97 Å². The van der Waals surface area contributed by atoms with Crippen LogP contribution < -0.4 is 5.32 Å². The number of carbonyl (C=O) groups excluding carboxylic acids is 3. The molecular weight excluding hydrogens is 368 g/mol. The highest BCUT2D eigenvalue weighted by molar-refractivity contribution is 7.10. The number of methoxy groups -OCH3 is 1. The molecule has 0 radical (unpaired) electrons. The lowest BCUT2D eigenvalue weighted by Gasteiger charge is -2.31. The van der Waals surface area contributed by atoms with Crippen LogP contribution in [0.5, 0.6) is 0 Å². The van der Waals surface area contributed by atoms with Crippen LogP contribution >= 0.6 is 11.3 Å². The number of nitrogens with zero attached hydrogens (tertiary/aromatic N) is 1. The Hall–Kier alpha value is -2.61. The molecule has 3 heterocycles. The zero-order valence-electron chi connectivity index (χ0n) is 15.1. The van der Waals surface area contributed by atoms with Crippen LogP contribution in [0, 0.1) is 5.92 Å². The summed E-state index contributed by atoms with van der Waals surface area (Å²) in [6.45, 7) is 1.03. The molecule has 2 aromatic rings. The standard InChI is InChI=1S/C19H22N2O5S/c1-25-17(22)11-15(16-3-2-10-27-16)20-18(23)13-4-7-21(8-5-13)19(24)14-6-9-26-12-14/h2-3,6,9-10,12-13,15H,4-5,7-8,11H2,1H3,(H,20,23). The van der Waals surface area contributed by atoms with Crippen molar-refractivity contribution in [3.63, 3.8) is 0 Å². The molecular formula is C19H22N2O5S. The van der Waals surface area contributed by atoms with E-state index in [-0.39, 0.29) is 30.1 Å². The monoisotopic (exact) mass is 390 g/mol. The van der Waals surface area contributed by atoms with Gasteiger partial charge in [-0.1, -0.05) is 6.07 Å². The summed E-state index contributed by atoms with van der Waals surface area (Å²) >= 11 is 1.49. The molecule has 1 fully saturated rings. The summed E-state index contributed by atoms with van der Waals surface area (Å²) in [5.41, 5.74) is 0.522. The van der Waals surface area contributed by atoms with Crippen LogP contribution in [0.15, 0.2) is 40.5 Å². The maximum atomic E-state index is 12.7. The number of ether oxygens (including phenoxy) is 1. The van der Waals surface area contributed by atoms with E-state index < -0.39 is 6.04 Å². The Morgan fingerprint density at radius 3 is 2.70 bits per heavy atom. The number of carbonyl (C=O) groups is 3. The molecule has 27 heavy (non-hydrogen) atoms. The zero-order chi connectivity index (χ0) is 19.2. The van der Waals surface area contributed by atoms with Crippen molar-refractivity contribution in [3.8, 4) is 0 Å². The van der Waals surface area contributed by atoms with Gasteiger partial charge in [-0.05, 0) is 30.4 Å². The SMILES string of the molecule is COC(=O)CC(NC(=O)C1CCN(C(=O)c2ccoc2)CC1)c1cccs1. The first-order chi connectivity index (χ1) is 13.1. The summed E-state index contributed by atoms with van der Waals surface area (Å²) in [5.74, 6) is -0.717. The number of hydrogen-bond acceptors (Lipinski definition) is 6. The van der Waals surface area contributed by atoms with E-state index in [0.717, 1.165) is 4.88 Å². The second kappa shape index (κ2) is 8.85. The van der Waals surface area contributed by atoms with E-state index in [2.05, 4.69) is 5.32 Å². The molecule has 3 rings (SSSR count). The van der Waals surface area contributed by atoms with Gasteiger partial charge in [0.15, 0.2) is 0 Å². The number of nitrogens with one attached hydrogen (secondary N) is 1. The Morgan fingerprint density at radius 2 is 2.11 bits per heavy atom. The Kier molecular flexibility index (Phi) is 6.28. The molecule has 1 aliphatic rings. The number of hydrogen-bond donors (Lipinski definition) is 1. The van der Waals surface area contributed by atoms with Crippen LogP contribution in [0.3, 0.4) is 0 Å². The number of rotatable bonds is 6. The van der Waals surface area contributed by atoms with Crippen LogP contribution in [0.4, 0.5) is 0 Å². The first-order valence-corrected chi connectivity index (χ1v) is 9.68. The van der Waals surface area contributed by atoms with Crippen molar-refractivity contribution < 1.29 is 23.5 Å². The summed E-state index contributed by atoms with van der Waals surface area (Å²) in [6.07, 6.45) is 4.18. The quantitative estimate of drug-likeness (QED) is 0.766. The third kappa shape index (κ3) is 4.77. The molecule has 8 heteroatoms. The van der Waals surface area contributed by atoms with E-state index >= 15 is 0 Å². The minimum atomic E-state index is -0.393. The first kappa shape index (κ1) is 19.2. The van der Waals surface area contributed by atoms with E-state index in [1.165, 1.54) is 31.0 Å². The number of furan rings is 1. The molecule has 2 amide bonds. The van der Waals surface area contributed by atoms with Crippen molar-refractivity contribution >= 4 is 29.1 Å². The molecule has 0 bridgehead atoms. The van der Waals surface area contributed by atoms with Crippen LogP contribution in [0.2, 0.25) is 0 Å². The summed E-state index contributed by atoms with van der Waals surface area (Å²) in [6, 6.07) is 5.02. The molecule has 0 saturated carbocycles. The summed E-state index contributed by atoms with van der Waals surface area (Å²) in [4.78, 5) is 39.4. The zero-order valence-corrected chi connectivity index (χ0v) is 15.9. The van der Waals surface area contributed by atoms with Crippen LogP contribution in [0.25, 0.3) is 0 Å². The van der Waals surface area contributed by atoms with Gasteiger partial charge in [-0.15, -0.1) is 11.3 Å². The van der Waals surface area contributed by atoms with Crippen molar-refractivity contribution in [2.24, 2.45) is 5.92 Å². The number of thiophene rings is 1. The van der Waals surface area contributed by atoms with E-state index in [9.17, 15) is 14.4 Å². The second-order valence-electron chi connectivity index (χ2n) is 6.44. The molecule has 0 aromatic carbocycles. The maximum Gasteiger partial charge on any atom is 0.307 e. The largest absolute Gasteiger partial charge is 0.472 e. The normalized spacial score (nSPS) is 16.0. The number of esters is 1. The third-order valence-electron chi connectivity index (χ3n) is 4.72. The average molecular weight is 390 g/mol. The molecule has 1 saturated heterocycles. The first-order valence-electron chi connectivity index (χ1n) is 8.80. The van der Waals surface area contributed by atoms with E-state index in [1.807, 2.05) is 17.5 Å². The van der Waals surface area contributed by atoms with Gasteiger partial charge in [0.25, 0.3) is 5.91 Å². The van der Waals surface area contributed by atoms with Crippen molar-refractivity contribution in [2.45, 2.75) is 25.3 Å². The molecule has 1 atom stereocenters. The molecule has 1 N–H and O–H groups in total. The number of piperidine rings is 1. The molecule has 2 aromatic heterocycles. The minimum Gasteiger partial charge on any atom is -0.472 e. The Labute approximate surface area is 161 Å². The van der Waals surface area contributed by atoms with Gasteiger partial charge in [-0.25, -0.2) is 0 Å². The Bertz CT molecular complexity index is 764. The summed E-state index contributed by atoms with van der Waals surface area (Å²) < 4.78 is 9.70. The van der Waals surface area contributed by atoms with Crippen molar-refractivity contribution in [1.82, 2.24) is 10.2 Å². The second-order valence-corrected chi connectivity index (χ2v) is 7.41. The van der Waals surface area contributed by atoms with Gasteiger partial charge in [-0.2, -0.15) is 0 Å². The van der Waals surface area contributed by atoms with Crippen molar-refractivity contribution in [1.29, 1.82) is 0 Å². The number of amides is 2. The van der Waals surface area contributed by atoms with Crippen LogP contribution in [0.1, 0.15) is 40.5 Å². The fourth-order valence-corrected chi connectivity index (χ4v) is 3.94. The summed E-state index contributed by atoms with van der Waals surface area (Å²) in [5, 5.41) is 4.89. The van der Waals surface area contributed by atoms with Gasteiger partial charge in [-0.3, -0.25) is 14.4 Å². The fourth-order valence-electron chi connectivity index (χ4n) is 3.17. The highest BCUT2D eigenvalue weighted by Gasteiger charge is 2.30. The smallest absolute Gasteiger partial charge is 0.307 e. The van der Waals surface area contributed by atoms with E-state index in [4.69, 9.17) is 9.15 Å². The highest BCUT2D eigenvalue weighted by atomic mass is 32.1. The maximum absolute atomic E-state index is 12.7. The molecule has 1 unspecified atom stereocenters. The lowest BCUT2D eigenvalue weighted by Crippen LogP contribution is -2.43. The van der Waals surface area contributed by atoms with Crippen LogP contribution in [-0.2, 0) is 14.3 Å². The molecule has 7 nitrogen and oxygen atoms in total. The minimum absolute atomic E-state index is 0.0789. The Morgan fingerprint density at radius 1 is 1.33 bits per heavy atom. The van der Waals surface area contributed by atoms with Crippen molar-refractivity contribution in [2.75, 3.05) is 20.2 Å². The fraction of sp³-hybridized carbons (Fsp3) is 0.421. The van der Waals surface area contributed by atoms with Crippen molar-refractivity contribution in [3.05, 3.63) is 46.5 Å². The van der Waals surface area contributed by atoms with E-state index in [0.29, 0.717) is 31.5 Å². The summed E-state index contributed by atoms with van der Waals surface area (Å²) in [7, 11) is 1.34. The molecule has 144 valence electrons. The lowest BCUT2D eigenvalue weighted by atomic mass is 9.95. The highest BCUT2D eigenvalue weighted by Crippen LogP contribution is 2.25. The van der Waals surface area contributed by atoms with Gasteiger partial charge in [0.1, 0.15) is 6.26 Å². The van der Waals surface area contributed by atoms with Crippen LogP contribution in [-0.4, -0.2) is 42.9 Å². The average Bonchev–Trinajstić information content (AvgIpc) is 3.40.